The number of nitrogens with zero attached hydrogens (tertiary/aromatic N) is 1. The van der Waals surface area contributed by atoms with Crippen molar-refractivity contribution >= 4 is 34.9 Å². The number of hydrogen-bond acceptors (Lipinski definition) is 8. The summed E-state index contributed by atoms with van der Waals surface area (Å²) in [6, 6.07) is 14.5. The lowest BCUT2D eigenvalue weighted by molar-refractivity contribution is -0.122. The summed E-state index contributed by atoms with van der Waals surface area (Å²) in [4.78, 5) is 44.6. The molecular formula is C32H30N2O7. The van der Waals surface area contributed by atoms with Gasteiger partial charge in [-0.2, -0.15) is 0 Å². The molecule has 0 saturated carbocycles. The zero-order valence-corrected chi connectivity index (χ0v) is 23.4. The second-order valence-electron chi connectivity index (χ2n) is 10.3. The van der Waals surface area contributed by atoms with Crippen molar-refractivity contribution in [1.82, 2.24) is 0 Å². The van der Waals surface area contributed by atoms with Gasteiger partial charge in [0, 0.05) is 22.5 Å². The topological polar surface area (TPSA) is 103 Å². The van der Waals surface area contributed by atoms with E-state index < -0.39 is 23.4 Å². The average Bonchev–Trinajstić information content (AvgIpc) is 3.48. The van der Waals surface area contributed by atoms with Crippen molar-refractivity contribution in [3.8, 4) is 23.0 Å². The van der Waals surface area contributed by atoms with Crippen molar-refractivity contribution in [2.45, 2.75) is 24.4 Å². The number of fused-ring (bicyclic) bond motifs is 6. The van der Waals surface area contributed by atoms with Crippen LogP contribution in [0.4, 0.5) is 11.4 Å². The van der Waals surface area contributed by atoms with Crippen molar-refractivity contribution < 1.29 is 33.3 Å². The molecule has 0 radical (unpaired) electrons. The number of carbonyl (C=O) groups is 3. The van der Waals surface area contributed by atoms with Crippen molar-refractivity contribution in [3.05, 3.63) is 77.4 Å². The normalized spacial score (nSPS) is 23.4. The van der Waals surface area contributed by atoms with Gasteiger partial charge in [-0.05, 0) is 48.9 Å². The Balaban J connectivity index is 1.63. The molecule has 0 bridgehead atoms. The summed E-state index contributed by atoms with van der Waals surface area (Å²) in [5, 5.41) is 3.01. The fourth-order valence-corrected chi connectivity index (χ4v) is 6.84. The maximum Gasteiger partial charge on any atom is 0.238 e. The van der Waals surface area contributed by atoms with E-state index in [-0.39, 0.29) is 23.0 Å². The van der Waals surface area contributed by atoms with E-state index >= 15 is 0 Å². The Morgan fingerprint density at radius 1 is 0.902 bits per heavy atom. The largest absolute Gasteiger partial charge is 0.497 e. The van der Waals surface area contributed by atoms with Gasteiger partial charge in [0.15, 0.2) is 23.1 Å². The molecule has 1 spiro atoms. The van der Waals surface area contributed by atoms with E-state index in [1.807, 2.05) is 59.5 Å². The fourth-order valence-electron chi connectivity index (χ4n) is 6.84. The van der Waals surface area contributed by atoms with E-state index in [9.17, 15) is 14.4 Å². The minimum Gasteiger partial charge on any atom is -0.497 e. The summed E-state index contributed by atoms with van der Waals surface area (Å²) in [5.41, 5.74) is 1.73. The molecule has 6 rings (SSSR count). The van der Waals surface area contributed by atoms with Crippen molar-refractivity contribution in [2.24, 2.45) is 5.92 Å². The number of rotatable bonds is 7. The lowest BCUT2D eigenvalue weighted by atomic mass is 9.64. The Morgan fingerprint density at radius 2 is 1.61 bits per heavy atom. The van der Waals surface area contributed by atoms with Crippen LogP contribution in [-0.4, -0.2) is 58.0 Å². The zero-order chi connectivity index (χ0) is 29.1. The maximum atomic E-state index is 14.8. The van der Waals surface area contributed by atoms with Crippen LogP contribution < -0.4 is 29.2 Å². The van der Waals surface area contributed by atoms with E-state index in [4.69, 9.17) is 18.9 Å². The highest BCUT2D eigenvalue weighted by Gasteiger charge is 2.69. The molecule has 1 amide bonds. The summed E-state index contributed by atoms with van der Waals surface area (Å²) in [7, 11) is 6.01. The van der Waals surface area contributed by atoms with E-state index in [0.29, 0.717) is 34.2 Å². The molecule has 3 aliphatic rings. The minimum absolute atomic E-state index is 0.230. The van der Waals surface area contributed by atoms with E-state index in [0.717, 1.165) is 11.3 Å². The highest BCUT2D eigenvalue weighted by Crippen LogP contribution is 2.58. The van der Waals surface area contributed by atoms with Crippen LogP contribution in [0.3, 0.4) is 0 Å². The standard InChI is InChI=1S/C32H30N2O7/c1-17(35)28-27(29(36)19-15-24(39-3)30(41-5)25(16-19)40-4)32(21-8-6-7-9-22(21)33-31(32)37)26-13-10-18-14-20(38-2)11-12-23(18)34(26)28/h6-16,26-28H,1-5H3,(H,33,37). The van der Waals surface area contributed by atoms with Crippen LogP contribution >= 0.6 is 0 Å². The number of hydrogen-bond donors (Lipinski definition) is 1. The number of ketones is 2. The first-order chi connectivity index (χ1) is 19.8. The zero-order valence-electron chi connectivity index (χ0n) is 23.4. The molecule has 3 aliphatic heterocycles. The molecule has 3 aromatic carbocycles. The van der Waals surface area contributed by atoms with Gasteiger partial charge in [0.2, 0.25) is 11.7 Å². The third kappa shape index (κ3) is 3.58. The monoisotopic (exact) mass is 554 g/mol. The number of anilines is 2. The van der Waals surface area contributed by atoms with Crippen molar-refractivity contribution in [1.29, 1.82) is 0 Å². The molecule has 0 aliphatic carbocycles. The number of benzene rings is 3. The molecular weight excluding hydrogens is 524 g/mol. The van der Waals surface area contributed by atoms with E-state index in [1.54, 1.807) is 19.2 Å². The predicted molar refractivity (Wildman–Crippen MR) is 153 cm³/mol. The van der Waals surface area contributed by atoms with Crippen LogP contribution in [0.5, 0.6) is 23.0 Å². The van der Waals surface area contributed by atoms with Gasteiger partial charge in [0.05, 0.1) is 46.4 Å². The van der Waals surface area contributed by atoms with Gasteiger partial charge in [-0.25, -0.2) is 0 Å². The summed E-state index contributed by atoms with van der Waals surface area (Å²) in [5.74, 6) is -0.418. The molecule has 4 atom stereocenters. The van der Waals surface area contributed by atoms with E-state index in [1.165, 1.54) is 28.3 Å². The minimum atomic E-state index is -1.39. The Kier molecular flexibility index (Phi) is 6.25. The van der Waals surface area contributed by atoms with Gasteiger partial charge >= 0.3 is 0 Å². The summed E-state index contributed by atoms with van der Waals surface area (Å²) in [6.45, 7) is 1.47. The predicted octanol–water partition coefficient (Wildman–Crippen LogP) is 4.28. The summed E-state index contributed by atoms with van der Waals surface area (Å²) >= 11 is 0. The second-order valence-corrected chi connectivity index (χ2v) is 10.3. The molecule has 9 heteroatoms. The number of carbonyl (C=O) groups excluding carboxylic acids is 3. The number of nitrogens with one attached hydrogen (secondary N) is 1. The third-order valence-electron chi connectivity index (χ3n) is 8.49. The quantitative estimate of drug-likeness (QED) is 0.432. The highest BCUT2D eigenvalue weighted by atomic mass is 16.5. The molecule has 41 heavy (non-hydrogen) atoms. The lowest BCUT2D eigenvalue weighted by Crippen LogP contribution is -2.51. The Hall–Kier alpha value is -4.79. The average molecular weight is 555 g/mol. The molecule has 3 heterocycles. The summed E-state index contributed by atoms with van der Waals surface area (Å²) < 4.78 is 21.9. The van der Waals surface area contributed by atoms with Gasteiger partial charge in [-0.1, -0.05) is 30.4 Å². The van der Waals surface area contributed by atoms with Gasteiger partial charge in [0.25, 0.3) is 0 Å². The SMILES string of the molecule is COc1ccc2c(c1)C=CC1N2C(C(C)=O)C(C(=O)c2cc(OC)c(OC)c(OC)c2)C12C(=O)Nc1ccccc12. The van der Waals surface area contributed by atoms with Crippen molar-refractivity contribution in [2.75, 3.05) is 38.7 Å². The second kappa shape index (κ2) is 9.69. The smallest absolute Gasteiger partial charge is 0.238 e. The number of ether oxygens (including phenoxy) is 4. The molecule has 9 nitrogen and oxygen atoms in total. The maximum absolute atomic E-state index is 14.8. The first-order valence-electron chi connectivity index (χ1n) is 13.2. The van der Waals surface area contributed by atoms with Gasteiger partial charge in [-0.3, -0.25) is 14.4 Å². The highest BCUT2D eigenvalue weighted by molar-refractivity contribution is 6.16. The number of para-hydroxylation sites is 1. The van der Waals surface area contributed by atoms with Gasteiger partial charge < -0.3 is 29.2 Å². The molecule has 1 saturated heterocycles. The Labute approximate surface area is 237 Å². The third-order valence-corrected chi connectivity index (χ3v) is 8.49. The van der Waals surface area contributed by atoms with E-state index in [2.05, 4.69) is 5.32 Å². The lowest BCUT2D eigenvalue weighted by Gasteiger charge is -2.37. The van der Waals surface area contributed by atoms with Crippen LogP contribution in [0.25, 0.3) is 6.08 Å². The van der Waals surface area contributed by atoms with Gasteiger partial charge in [-0.15, -0.1) is 0 Å². The molecule has 210 valence electrons. The Bertz CT molecular complexity index is 1600. The van der Waals surface area contributed by atoms with Gasteiger partial charge in [0.1, 0.15) is 11.2 Å². The first kappa shape index (κ1) is 26.4. The Morgan fingerprint density at radius 3 is 2.24 bits per heavy atom. The van der Waals surface area contributed by atoms with Crippen LogP contribution in [0.1, 0.15) is 28.4 Å². The van der Waals surface area contributed by atoms with Crippen LogP contribution in [0.15, 0.2) is 60.7 Å². The molecule has 4 unspecified atom stereocenters. The molecule has 0 aromatic heterocycles. The first-order valence-corrected chi connectivity index (χ1v) is 13.2. The molecule has 3 aromatic rings. The molecule has 1 N–H and O–H groups in total. The van der Waals surface area contributed by atoms with Crippen molar-refractivity contribution in [3.63, 3.8) is 0 Å². The number of Topliss-reactive ketones (excluding diaryl/α,β-unsaturated/α-hetero) is 2. The summed E-state index contributed by atoms with van der Waals surface area (Å²) in [6.07, 6.45) is 3.85. The number of amides is 1. The fraction of sp³-hybridized carbons (Fsp3) is 0.281. The molecule has 1 fully saturated rings. The van der Waals surface area contributed by atoms with Crippen LogP contribution in [-0.2, 0) is 15.0 Å². The van der Waals surface area contributed by atoms with Crippen LogP contribution in [0.2, 0.25) is 0 Å². The van der Waals surface area contributed by atoms with Crippen LogP contribution in [0, 0.1) is 5.92 Å². The number of methoxy groups -OCH3 is 4.